The zero-order valence-corrected chi connectivity index (χ0v) is 11.6. The highest BCUT2D eigenvalue weighted by molar-refractivity contribution is 5.97. The van der Waals surface area contributed by atoms with E-state index in [4.69, 9.17) is 5.11 Å². The molecule has 2 N–H and O–H groups in total. The number of carboxylic acids is 1. The van der Waals surface area contributed by atoms with Crippen molar-refractivity contribution in [2.24, 2.45) is 0 Å². The number of amides is 1. The first-order chi connectivity index (χ1) is 10.3. The molecule has 0 aromatic heterocycles. The predicted octanol–water partition coefficient (Wildman–Crippen LogP) is 0.731. The lowest BCUT2D eigenvalue weighted by Gasteiger charge is -2.13. The van der Waals surface area contributed by atoms with Gasteiger partial charge >= 0.3 is 11.9 Å². The molecule has 9 heteroatoms. The Morgan fingerprint density at radius 3 is 2.64 bits per heavy atom. The highest BCUT2D eigenvalue weighted by atomic mass is 16.6. The van der Waals surface area contributed by atoms with Crippen LogP contribution in [0.15, 0.2) is 24.3 Å². The molecule has 0 saturated heterocycles. The van der Waals surface area contributed by atoms with Gasteiger partial charge in [0.15, 0.2) is 0 Å². The van der Waals surface area contributed by atoms with Gasteiger partial charge in [0.2, 0.25) is 0 Å². The summed E-state index contributed by atoms with van der Waals surface area (Å²) >= 11 is 0. The number of esters is 1. The first kappa shape index (κ1) is 17.1. The molecule has 0 aliphatic carbocycles. The Kier molecular flexibility index (Phi) is 5.99. The van der Waals surface area contributed by atoms with Crippen LogP contribution in [0.5, 0.6) is 0 Å². The number of non-ortho nitro benzene ring substituents is 1. The second kappa shape index (κ2) is 7.72. The number of aliphatic carboxylic acids is 1. The first-order valence-electron chi connectivity index (χ1n) is 6.20. The smallest absolute Gasteiger partial charge is 0.326 e. The number of nitrogens with zero attached hydrogens (tertiary/aromatic N) is 1. The van der Waals surface area contributed by atoms with E-state index in [1.165, 1.54) is 25.3 Å². The van der Waals surface area contributed by atoms with Gasteiger partial charge in [-0.3, -0.25) is 19.7 Å². The van der Waals surface area contributed by atoms with Crippen LogP contribution in [0.3, 0.4) is 0 Å². The number of hydrogen-bond acceptors (Lipinski definition) is 6. The van der Waals surface area contributed by atoms with Crippen molar-refractivity contribution in [2.75, 3.05) is 7.11 Å². The SMILES string of the molecule is COC(=O)CC[C@H](NC(=O)c1cccc([N+](=O)[O-])c1)C(=O)O. The summed E-state index contributed by atoms with van der Waals surface area (Å²) in [6, 6.07) is 3.58. The van der Waals surface area contributed by atoms with Gasteiger partial charge in [0.1, 0.15) is 6.04 Å². The summed E-state index contributed by atoms with van der Waals surface area (Å²) in [5.41, 5.74) is -0.326. The monoisotopic (exact) mass is 310 g/mol. The number of ether oxygens (including phenoxy) is 1. The highest BCUT2D eigenvalue weighted by Gasteiger charge is 2.22. The molecule has 1 aromatic rings. The quantitative estimate of drug-likeness (QED) is 0.430. The Labute approximate surface area is 125 Å². The molecule has 1 rings (SSSR count). The number of methoxy groups -OCH3 is 1. The van der Waals surface area contributed by atoms with Crippen LogP contribution in [-0.2, 0) is 14.3 Å². The van der Waals surface area contributed by atoms with E-state index in [1.807, 2.05) is 0 Å². The molecule has 1 amide bonds. The van der Waals surface area contributed by atoms with Crippen LogP contribution in [-0.4, -0.2) is 41.0 Å². The number of carboxylic acid groups (broad SMARTS) is 1. The van der Waals surface area contributed by atoms with E-state index in [0.717, 1.165) is 6.07 Å². The van der Waals surface area contributed by atoms with Gasteiger partial charge < -0.3 is 15.2 Å². The largest absolute Gasteiger partial charge is 0.480 e. The number of nitro groups is 1. The zero-order chi connectivity index (χ0) is 16.7. The Morgan fingerprint density at radius 1 is 1.41 bits per heavy atom. The van der Waals surface area contributed by atoms with Crippen molar-refractivity contribution in [2.45, 2.75) is 18.9 Å². The highest BCUT2D eigenvalue weighted by Crippen LogP contribution is 2.13. The molecule has 0 fully saturated rings. The molecule has 0 heterocycles. The van der Waals surface area contributed by atoms with Crippen molar-refractivity contribution >= 4 is 23.5 Å². The Hall–Kier alpha value is -2.97. The Bertz CT molecular complexity index is 600. The van der Waals surface area contributed by atoms with Crippen LogP contribution in [0.25, 0.3) is 0 Å². The lowest BCUT2D eigenvalue weighted by molar-refractivity contribution is -0.384. The van der Waals surface area contributed by atoms with E-state index in [0.29, 0.717) is 0 Å². The maximum Gasteiger partial charge on any atom is 0.326 e. The van der Waals surface area contributed by atoms with E-state index in [9.17, 15) is 24.5 Å². The Morgan fingerprint density at radius 2 is 2.09 bits per heavy atom. The summed E-state index contributed by atoms with van der Waals surface area (Å²) in [5, 5.41) is 21.9. The Balaban J connectivity index is 2.78. The number of nitrogens with one attached hydrogen (secondary N) is 1. The van der Waals surface area contributed by atoms with Gasteiger partial charge in [0.25, 0.3) is 11.6 Å². The minimum Gasteiger partial charge on any atom is -0.480 e. The van der Waals surface area contributed by atoms with Gasteiger partial charge in [-0.05, 0) is 12.5 Å². The standard InChI is InChI=1S/C13H14N2O7/c1-22-11(16)6-5-10(13(18)19)14-12(17)8-3-2-4-9(7-8)15(20)21/h2-4,7,10H,5-6H2,1H3,(H,14,17)(H,18,19)/t10-/m0/s1. The van der Waals surface area contributed by atoms with Crippen molar-refractivity contribution in [1.29, 1.82) is 0 Å². The zero-order valence-electron chi connectivity index (χ0n) is 11.6. The fourth-order valence-electron chi connectivity index (χ4n) is 1.62. The molecule has 1 atom stereocenters. The molecule has 0 unspecified atom stereocenters. The van der Waals surface area contributed by atoms with Crippen molar-refractivity contribution in [1.82, 2.24) is 5.32 Å². The fraction of sp³-hybridized carbons (Fsp3) is 0.308. The maximum absolute atomic E-state index is 11.9. The van der Waals surface area contributed by atoms with Crippen LogP contribution < -0.4 is 5.32 Å². The third-order valence-corrected chi connectivity index (χ3v) is 2.79. The average molecular weight is 310 g/mol. The molecule has 9 nitrogen and oxygen atoms in total. The van der Waals surface area contributed by atoms with Crippen LogP contribution in [0.1, 0.15) is 23.2 Å². The fourth-order valence-corrected chi connectivity index (χ4v) is 1.62. The minimum absolute atomic E-state index is 0.0430. The number of carbonyl (C=O) groups is 3. The van der Waals surface area contributed by atoms with Gasteiger partial charge in [-0.15, -0.1) is 0 Å². The molecule has 0 aliphatic heterocycles. The van der Waals surface area contributed by atoms with E-state index in [-0.39, 0.29) is 24.1 Å². The lowest BCUT2D eigenvalue weighted by Crippen LogP contribution is -2.41. The molecule has 118 valence electrons. The number of benzene rings is 1. The van der Waals surface area contributed by atoms with Gasteiger partial charge in [-0.2, -0.15) is 0 Å². The van der Waals surface area contributed by atoms with Crippen LogP contribution in [0.2, 0.25) is 0 Å². The van der Waals surface area contributed by atoms with Gasteiger partial charge in [0, 0.05) is 24.1 Å². The van der Waals surface area contributed by atoms with E-state index in [2.05, 4.69) is 10.1 Å². The maximum atomic E-state index is 11.9. The summed E-state index contributed by atoms with van der Waals surface area (Å²) in [4.78, 5) is 44.0. The molecule has 0 bridgehead atoms. The third kappa shape index (κ3) is 4.85. The van der Waals surface area contributed by atoms with Crippen LogP contribution in [0.4, 0.5) is 5.69 Å². The molecular weight excluding hydrogens is 296 g/mol. The molecule has 0 saturated carbocycles. The minimum atomic E-state index is -1.32. The summed E-state index contributed by atoms with van der Waals surface area (Å²) in [5.74, 6) is -2.69. The molecule has 0 spiro atoms. The van der Waals surface area contributed by atoms with Crippen molar-refractivity contribution < 1.29 is 29.2 Å². The molecule has 1 aromatic carbocycles. The molecule has 0 radical (unpaired) electrons. The average Bonchev–Trinajstić information content (AvgIpc) is 2.50. The summed E-state index contributed by atoms with van der Waals surface area (Å²) < 4.78 is 4.39. The van der Waals surface area contributed by atoms with Crippen LogP contribution in [0, 0.1) is 10.1 Å². The van der Waals surface area contributed by atoms with Crippen molar-refractivity contribution in [3.63, 3.8) is 0 Å². The van der Waals surface area contributed by atoms with E-state index >= 15 is 0 Å². The summed E-state index contributed by atoms with van der Waals surface area (Å²) in [6.07, 6.45) is -0.328. The van der Waals surface area contributed by atoms with Crippen molar-refractivity contribution in [3.8, 4) is 0 Å². The number of hydrogen-bond donors (Lipinski definition) is 2. The van der Waals surface area contributed by atoms with Gasteiger partial charge in [-0.25, -0.2) is 4.79 Å². The summed E-state index contributed by atoms with van der Waals surface area (Å²) in [7, 11) is 1.17. The summed E-state index contributed by atoms with van der Waals surface area (Å²) in [6.45, 7) is 0. The van der Waals surface area contributed by atoms with Gasteiger partial charge in [0.05, 0.1) is 12.0 Å². The van der Waals surface area contributed by atoms with E-state index in [1.54, 1.807) is 0 Å². The van der Waals surface area contributed by atoms with Crippen LogP contribution >= 0.6 is 0 Å². The second-order valence-corrected chi connectivity index (χ2v) is 4.29. The number of nitro benzene ring substituents is 1. The molecule has 22 heavy (non-hydrogen) atoms. The first-order valence-corrected chi connectivity index (χ1v) is 6.20. The molecular formula is C13H14N2O7. The predicted molar refractivity (Wildman–Crippen MR) is 73.2 cm³/mol. The second-order valence-electron chi connectivity index (χ2n) is 4.29. The molecule has 0 aliphatic rings. The van der Waals surface area contributed by atoms with Gasteiger partial charge in [-0.1, -0.05) is 6.07 Å². The van der Waals surface area contributed by atoms with Crippen molar-refractivity contribution in [3.05, 3.63) is 39.9 Å². The normalized spacial score (nSPS) is 11.3. The third-order valence-electron chi connectivity index (χ3n) is 2.79. The number of rotatable bonds is 7. The number of carbonyl (C=O) groups excluding carboxylic acids is 2. The topological polar surface area (TPSA) is 136 Å². The lowest BCUT2D eigenvalue weighted by atomic mass is 10.1. The van der Waals surface area contributed by atoms with E-state index < -0.39 is 28.8 Å².